The number of carbonyl (C=O) groups is 1. The van der Waals surface area contributed by atoms with E-state index in [1.165, 1.54) is 11.3 Å². The number of thiazole rings is 1. The molecule has 1 unspecified atom stereocenters. The molecule has 35 heavy (non-hydrogen) atoms. The van der Waals surface area contributed by atoms with Crippen molar-refractivity contribution in [2.24, 2.45) is 4.99 Å². The van der Waals surface area contributed by atoms with Crippen LogP contribution in [0.25, 0.3) is 6.08 Å². The third-order valence-electron chi connectivity index (χ3n) is 5.35. The fraction of sp³-hybridized carbons (Fsp3) is 0.269. The zero-order chi connectivity index (χ0) is 25.3. The van der Waals surface area contributed by atoms with Crippen LogP contribution in [0.4, 0.5) is 0 Å². The quantitative estimate of drug-likeness (QED) is 0.462. The molecule has 182 valence electrons. The van der Waals surface area contributed by atoms with Crippen molar-refractivity contribution < 1.29 is 19.4 Å². The Balaban J connectivity index is 1.92. The largest absolute Gasteiger partial charge is 0.503 e. The predicted molar refractivity (Wildman–Crippen MR) is 138 cm³/mol. The van der Waals surface area contributed by atoms with Gasteiger partial charge in [0.1, 0.15) is 0 Å². The lowest BCUT2D eigenvalue weighted by Crippen LogP contribution is -2.40. The second-order valence-electron chi connectivity index (χ2n) is 8.23. The van der Waals surface area contributed by atoms with Gasteiger partial charge >= 0.3 is 5.97 Å². The van der Waals surface area contributed by atoms with Crippen LogP contribution in [-0.4, -0.2) is 28.4 Å². The number of hydrogen-bond donors (Lipinski definition) is 1. The summed E-state index contributed by atoms with van der Waals surface area (Å²) in [5.74, 6) is -0.177. The van der Waals surface area contributed by atoms with E-state index in [0.29, 0.717) is 43.0 Å². The molecule has 2 heterocycles. The second kappa shape index (κ2) is 10.2. The molecule has 7 nitrogen and oxygen atoms in total. The first-order valence-corrected chi connectivity index (χ1v) is 12.8. The topological polar surface area (TPSA) is 90.1 Å². The van der Waals surface area contributed by atoms with Gasteiger partial charge in [-0.3, -0.25) is 9.36 Å². The lowest BCUT2D eigenvalue weighted by atomic mass is 9.96. The number of nitrogens with zero attached hydrogens (tertiary/aromatic N) is 2. The number of aromatic hydroxyl groups is 1. The summed E-state index contributed by atoms with van der Waals surface area (Å²) in [6.07, 6.45) is 1.42. The highest BCUT2D eigenvalue weighted by Crippen LogP contribution is 2.36. The average molecular weight is 557 g/mol. The van der Waals surface area contributed by atoms with Gasteiger partial charge in [0.05, 0.1) is 39.0 Å². The minimum atomic E-state index is -0.661. The number of fused-ring (bicyclic) bond motifs is 1. The maximum Gasteiger partial charge on any atom is 0.338 e. The Bertz CT molecular complexity index is 1490. The van der Waals surface area contributed by atoms with Crippen molar-refractivity contribution in [1.82, 2.24) is 4.57 Å². The lowest BCUT2D eigenvalue weighted by molar-refractivity contribution is -0.143. The summed E-state index contributed by atoms with van der Waals surface area (Å²) in [4.78, 5) is 31.9. The predicted octanol–water partition coefficient (Wildman–Crippen LogP) is 4.05. The molecule has 0 bridgehead atoms. The zero-order valence-corrected chi connectivity index (χ0v) is 22.1. The number of carbonyl (C=O) groups excluding carboxylic acids is 1. The molecule has 0 saturated carbocycles. The van der Waals surface area contributed by atoms with Crippen LogP contribution in [0.2, 0.25) is 0 Å². The second-order valence-corrected chi connectivity index (χ2v) is 10.1. The first-order chi connectivity index (χ1) is 16.7. The third kappa shape index (κ3) is 4.97. The van der Waals surface area contributed by atoms with E-state index in [4.69, 9.17) is 9.47 Å². The van der Waals surface area contributed by atoms with Gasteiger partial charge in [-0.25, -0.2) is 9.79 Å². The Kier molecular flexibility index (Phi) is 7.28. The van der Waals surface area contributed by atoms with E-state index in [-0.39, 0.29) is 17.4 Å². The van der Waals surface area contributed by atoms with Crippen LogP contribution in [0.3, 0.4) is 0 Å². The maximum absolute atomic E-state index is 13.7. The SMILES string of the molecule is CCOc1cc(C=c2sc3n(c2=O)C(c2ccccc2)C(C(=O)OC(C)C)=C(C)N=3)cc(Br)c1O. The van der Waals surface area contributed by atoms with Crippen LogP contribution in [0, 0.1) is 0 Å². The summed E-state index contributed by atoms with van der Waals surface area (Å²) < 4.78 is 13.5. The van der Waals surface area contributed by atoms with Crippen LogP contribution in [0.1, 0.15) is 44.9 Å². The molecule has 1 aromatic heterocycles. The zero-order valence-electron chi connectivity index (χ0n) is 19.7. The number of phenols is 1. The van der Waals surface area contributed by atoms with Crippen molar-refractivity contribution in [3.05, 3.63) is 89.0 Å². The van der Waals surface area contributed by atoms with Gasteiger partial charge in [-0.2, -0.15) is 0 Å². The van der Waals surface area contributed by atoms with E-state index in [1.807, 2.05) is 37.3 Å². The molecular weight excluding hydrogens is 532 g/mol. The summed E-state index contributed by atoms with van der Waals surface area (Å²) in [5, 5.41) is 10.2. The molecule has 1 aliphatic rings. The van der Waals surface area contributed by atoms with Gasteiger partial charge in [-0.1, -0.05) is 41.7 Å². The first-order valence-electron chi connectivity index (χ1n) is 11.1. The van der Waals surface area contributed by atoms with Crippen LogP contribution in [-0.2, 0) is 9.53 Å². The van der Waals surface area contributed by atoms with Gasteiger partial charge in [0, 0.05) is 0 Å². The summed E-state index contributed by atoms with van der Waals surface area (Å²) in [6, 6.07) is 12.1. The van der Waals surface area contributed by atoms with Gasteiger partial charge < -0.3 is 14.6 Å². The van der Waals surface area contributed by atoms with Crippen molar-refractivity contribution in [2.45, 2.75) is 39.8 Å². The fourth-order valence-corrected chi connectivity index (χ4v) is 5.41. The van der Waals surface area contributed by atoms with Gasteiger partial charge in [0.25, 0.3) is 5.56 Å². The van der Waals surface area contributed by atoms with Gasteiger partial charge in [-0.05, 0) is 73.0 Å². The number of benzene rings is 2. The van der Waals surface area contributed by atoms with E-state index in [9.17, 15) is 14.7 Å². The maximum atomic E-state index is 13.7. The summed E-state index contributed by atoms with van der Waals surface area (Å²) in [5.41, 5.74) is 2.05. The molecule has 0 spiro atoms. The molecule has 3 aromatic rings. The monoisotopic (exact) mass is 556 g/mol. The molecule has 0 saturated heterocycles. The van der Waals surface area contributed by atoms with E-state index in [1.54, 1.807) is 43.5 Å². The van der Waals surface area contributed by atoms with Crippen LogP contribution in [0.15, 0.2) is 68.0 Å². The number of halogens is 1. The Morgan fingerprint density at radius 3 is 2.66 bits per heavy atom. The fourth-order valence-electron chi connectivity index (χ4n) is 3.90. The minimum Gasteiger partial charge on any atom is -0.503 e. The number of allylic oxidation sites excluding steroid dienone is 1. The molecule has 9 heteroatoms. The standard InChI is InChI=1S/C26H25BrN2O5S/c1-5-33-19-12-16(11-18(27)23(19)30)13-20-24(31)29-22(17-9-7-6-8-10-17)21(25(32)34-14(2)3)15(4)28-26(29)35-20/h6-14,22,30H,5H2,1-4H3. The third-order valence-corrected chi connectivity index (χ3v) is 6.94. The van der Waals surface area contributed by atoms with Gasteiger partial charge in [0.15, 0.2) is 16.3 Å². The van der Waals surface area contributed by atoms with Crippen molar-refractivity contribution in [1.29, 1.82) is 0 Å². The number of phenolic OH excluding ortho intramolecular Hbond substituents is 1. The summed E-state index contributed by atoms with van der Waals surface area (Å²) in [7, 11) is 0. The van der Waals surface area contributed by atoms with E-state index >= 15 is 0 Å². The number of esters is 1. The van der Waals surface area contributed by atoms with Crippen molar-refractivity contribution in [3.8, 4) is 11.5 Å². The van der Waals surface area contributed by atoms with E-state index in [0.717, 1.165) is 5.56 Å². The highest BCUT2D eigenvalue weighted by molar-refractivity contribution is 9.10. The molecule has 4 rings (SSSR count). The van der Waals surface area contributed by atoms with Crippen LogP contribution < -0.4 is 19.6 Å². The average Bonchev–Trinajstić information content (AvgIpc) is 3.10. The Labute approximate surface area is 214 Å². The van der Waals surface area contributed by atoms with Gasteiger partial charge in [-0.15, -0.1) is 0 Å². The lowest BCUT2D eigenvalue weighted by Gasteiger charge is -2.25. The highest BCUT2D eigenvalue weighted by atomic mass is 79.9. The molecule has 0 fully saturated rings. The molecule has 1 aliphatic heterocycles. The smallest absolute Gasteiger partial charge is 0.338 e. The van der Waals surface area contributed by atoms with Gasteiger partial charge in [0.2, 0.25) is 0 Å². The Morgan fingerprint density at radius 2 is 2.00 bits per heavy atom. The Hall–Kier alpha value is -3.17. The summed E-state index contributed by atoms with van der Waals surface area (Å²) >= 11 is 4.58. The van der Waals surface area contributed by atoms with Crippen LogP contribution in [0.5, 0.6) is 11.5 Å². The summed E-state index contributed by atoms with van der Waals surface area (Å²) in [6.45, 7) is 7.54. The van der Waals surface area contributed by atoms with Crippen molar-refractivity contribution in [3.63, 3.8) is 0 Å². The van der Waals surface area contributed by atoms with Crippen LogP contribution >= 0.6 is 27.3 Å². The molecule has 0 aliphatic carbocycles. The van der Waals surface area contributed by atoms with E-state index in [2.05, 4.69) is 20.9 Å². The molecule has 0 radical (unpaired) electrons. The number of aromatic nitrogens is 1. The molecule has 2 aromatic carbocycles. The molecular formula is C26H25BrN2O5S. The first kappa shape index (κ1) is 24.9. The molecule has 1 atom stereocenters. The molecule has 0 amide bonds. The Morgan fingerprint density at radius 1 is 1.29 bits per heavy atom. The van der Waals surface area contributed by atoms with Crippen molar-refractivity contribution >= 4 is 39.3 Å². The highest BCUT2D eigenvalue weighted by Gasteiger charge is 2.33. The number of hydrogen-bond acceptors (Lipinski definition) is 7. The van der Waals surface area contributed by atoms with Crippen molar-refractivity contribution in [2.75, 3.05) is 6.61 Å². The number of rotatable bonds is 6. The normalized spacial score (nSPS) is 15.7. The molecule has 1 N–H and O–H groups in total. The number of ether oxygens (including phenoxy) is 2. The van der Waals surface area contributed by atoms with E-state index < -0.39 is 12.0 Å². The minimum absolute atomic E-state index is 0.00142.